The topological polar surface area (TPSA) is 94.8 Å². The maximum absolute atomic E-state index is 12.8. The number of nitrogens with one attached hydrogen (secondary N) is 3. The Labute approximate surface area is 131 Å². The lowest BCUT2D eigenvalue weighted by Gasteiger charge is -2.07. The SMILES string of the molecule is O=c1[nH]c2ccc(CCNS(=O)(=O)c3ccc(F)cc3)cc2[nH]1. The zero-order valence-corrected chi connectivity index (χ0v) is 12.8. The van der Waals surface area contributed by atoms with Gasteiger partial charge in [0.15, 0.2) is 0 Å². The van der Waals surface area contributed by atoms with Gasteiger partial charge < -0.3 is 9.97 Å². The van der Waals surface area contributed by atoms with Gasteiger partial charge in [-0.1, -0.05) is 6.07 Å². The molecule has 23 heavy (non-hydrogen) atoms. The molecule has 3 rings (SSSR count). The molecule has 0 radical (unpaired) electrons. The third-order valence-corrected chi connectivity index (χ3v) is 4.89. The van der Waals surface area contributed by atoms with Crippen molar-refractivity contribution in [2.75, 3.05) is 6.54 Å². The quantitative estimate of drug-likeness (QED) is 0.660. The number of aromatic nitrogens is 2. The van der Waals surface area contributed by atoms with Gasteiger partial charge in [0.05, 0.1) is 15.9 Å². The number of hydrogen-bond donors (Lipinski definition) is 3. The molecule has 0 atom stereocenters. The summed E-state index contributed by atoms with van der Waals surface area (Å²) in [5.74, 6) is -0.488. The number of benzene rings is 2. The normalized spacial score (nSPS) is 11.9. The molecule has 120 valence electrons. The van der Waals surface area contributed by atoms with E-state index < -0.39 is 15.8 Å². The second-order valence-electron chi connectivity index (χ2n) is 5.06. The molecular formula is C15H14FN3O3S. The number of rotatable bonds is 5. The molecule has 0 saturated carbocycles. The summed E-state index contributed by atoms with van der Waals surface area (Å²) >= 11 is 0. The van der Waals surface area contributed by atoms with E-state index >= 15 is 0 Å². The largest absolute Gasteiger partial charge is 0.323 e. The molecule has 0 spiro atoms. The summed E-state index contributed by atoms with van der Waals surface area (Å²) in [4.78, 5) is 16.5. The zero-order valence-electron chi connectivity index (χ0n) is 12.0. The molecule has 0 aliphatic rings. The van der Waals surface area contributed by atoms with E-state index in [-0.39, 0.29) is 17.1 Å². The van der Waals surface area contributed by atoms with Crippen LogP contribution in [-0.4, -0.2) is 24.9 Å². The average Bonchev–Trinajstić information content (AvgIpc) is 2.87. The van der Waals surface area contributed by atoms with Gasteiger partial charge in [0.25, 0.3) is 0 Å². The number of imidazole rings is 1. The van der Waals surface area contributed by atoms with Gasteiger partial charge in [-0.15, -0.1) is 0 Å². The fraction of sp³-hybridized carbons (Fsp3) is 0.133. The van der Waals surface area contributed by atoms with Crippen LogP contribution >= 0.6 is 0 Å². The minimum absolute atomic E-state index is 0.0179. The van der Waals surface area contributed by atoms with Crippen molar-refractivity contribution < 1.29 is 12.8 Å². The molecule has 2 aromatic carbocycles. The van der Waals surface area contributed by atoms with Crippen LogP contribution in [0.1, 0.15) is 5.56 Å². The molecule has 3 N–H and O–H groups in total. The molecule has 0 aliphatic heterocycles. The highest BCUT2D eigenvalue weighted by Gasteiger charge is 2.13. The lowest BCUT2D eigenvalue weighted by atomic mass is 10.1. The lowest BCUT2D eigenvalue weighted by molar-refractivity contribution is 0.580. The van der Waals surface area contributed by atoms with Crippen LogP contribution < -0.4 is 10.4 Å². The van der Waals surface area contributed by atoms with Gasteiger partial charge in [0.2, 0.25) is 10.0 Å². The molecule has 0 bridgehead atoms. The Kier molecular flexibility index (Phi) is 4.01. The first kappa shape index (κ1) is 15.4. The van der Waals surface area contributed by atoms with Crippen LogP contribution in [0.3, 0.4) is 0 Å². The number of sulfonamides is 1. The molecule has 8 heteroatoms. The van der Waals surface area contributed by atoms with E-state index in [0.29, 0.717) is 17.5 Å². The predicted octanol–water partition coefficient (Wildman–Crippen LogP) is 1.52. The Bertz CT molecular complexity index is 991. The molecule has 0 fully saturated rings. The van der Waals surface area contributed by atoms with Crippen molar-refractivity contribution in [1.29, 1.82) is 0 Å². The van der Waals surface area contributed by atoms with Crippen LogP contribution in [0.25, 0.3) is 11.0 Å². The summed E-state index contributed by atoms with van der Waals surface area (Å²) in [6, 6.07) is 10.0. The number of hydrogen-bond acceptors (Lipinski definition) is 3. The third kappa shape index (κ3) is 3.49. The molecule has 0 aliphatic carbocycles. The summed E-state index contributed by atoms with van der Waals surface area (Å²) in [5.41, 5.74) is 1.98. The van der Waals surface area contributed by atoms with Crippen molar-refractivity contribution in [3.63, 3.8) is 0 Å². The smallest absolute Gasteiger partial charge is 0.306 e. The molecule has 6 nitrogen and oxygen atoms in total. The van der Waals surface area contributed by atoms with Gasteiger partial charge in [0, 0.05) is 6.54 Å². The van der Waals surface area contributed by atoms with Crippen molar-refractivity contribution in [2.45, 2.75) is 11.3 Å². The maximum atomic E-state index is 12.8. The van der Waals surface area contributed by atoms with Gasteiger partial charge in [-0.3, -0.25) is 0 Å². The second-order valence-corrected chi connectivity index (χ2v) is 6.83. The van der Waals surface area contributed by atoms with Gasteiger partial charge in [-0.25, -0.2) is 22.3 Å². The maximum Gasteiger partial charge on any atom is 0.323 e. The van der Waals surface area contributed by atoms with Crippen molar-refractivity contribution in [3.8, 4) is 0 Å². The summed E-state index contributed by atoms with van der Waals surface area (Å²) in [6.45, 7) is 0.194. The van der Waals surface area contributed by atoms with E-state index in [2.05, 4.69) is 14.7 Å². The third-order valence-electron chi connectivity index (χ3n) is 3.41. The van der Waals surface area contributed by atoms with Crippen LogP contribution in [-0.2, 0) is 16.4 Å². The fourth-order valence-corrected chi connectivity index (χ4v) is 3.29. The molecule has 0 unspecified atom stereocenters. The van der Waals surface area contributed by atoms with E-state index in [1.165, 1.54) is 12.1 Å². The van der Waals surface area contributed by atoms with Crippen LogP contribution in [0.5, 0.6) is 0 Å². The van der Waals surface area contributed by atoms with Crippen molar-refractivity contribution >= 4 is 21.1 Å². The Morgan fingerprint density at radius 3 is 2.43 bits per heavy atom. The summed E-state index contributed by atoms with van der Waals surface area (Å²) < 4.78 is 39.4. The first-order valence-corrected chi connectivity index (χ1v) is 8.38. The van der Waals surface area contributed by atoms with Crippen LogP contribution in [0.4, 0.5) is 4.39 Å². The predicted molar refractivity (Wildman–Crippen MR) is 84.2 cm³/mol. The number of aromatic amines is 2. The van der Waals surface area contributed by atoms with Gasteiger partial charge in [-0.2, -0.15) is 0 Å². The van der Waals surface area contributed by atoms with E-state index in [4.69, 9.17) is 0 Å². The molecule has 0 amide bonds. The fourth-order valence-electron chi connectivity index (χ4n) is 2.26. The second kappa shape index (κ2) is 5.98. The molecular weight excluding hydrogens is 321 g/mol. The zero-order chi connectivity index (χ0) is 16.4. The summed E-state index contributed by atoms with van der Waals surface area (Å²) in [5, 5.41) is 0. The van der Waals surface area contributed by atoms with Crippen LogP contribution in [0, 0.1) is 5.82 Å². The molecule has 0 saturated heterocycles. The minimum Gasteiger partial charge on any atom is -0.306 e. The summed E-state index contributed by atoms with van der Waals surface area (Å²) in [6.07, 6.45) is 0.462. The molecule has 1 aromatic heterocycles. The van der Waals surface area contributed by atoms with Crippen LogP contribution in [0.2, 0.25) is 0 Å². The average molecular weight is 335 g/mol. The highest BCUT2D eigenvalue weighted by Crippen LogP contribution is 2.12. The van der Waals surface area contributed by atoms with Gasteiger partial charge in [0.1, 0.15) is 5.82 Å². The van der Waals surface area contributed by atoms with Gasteiger partial charge >= 0.3 is 5.69 Å². The monoisotopic (exact) mass is 335 g/mol. The molecule has 1 heterocycles. The van der Waals surface area contributed by atoms with E-state index in [9.17, 15) is 17.6 Å². The highest BCUT2D eigenvalue weighted by atomic mass is 32.2. The number of H-pyrrole nitrogens is 2. The highest BCUT2D eigenvalue weighted by molar-refractivity contribution is 7.89. The van der Waals surface area contributed by atoms with Crippen molar-refractivity contribution in [2.24, 2.45) is 0 Å². The Morgan fingerprint density at radius 2 is 1.70 bits per heavy atom. The first-order chi connectivity index (χ1) is 10.9. The van der Waals surface area contributed by atoms with Crippen molar-refractivity contribution in [3.05, 3.63) is 64.3 Å². The Morgan fingerprint density at radius 1 is 1.00 bits per heavy atom. The van der Waals surface area contributed by atoms with Crippen LogP contribution in [0.15, 0.2) is 52.2 Å². The van der Waals surface area contributed by atoms with E-state index in [1.807, 2.05) is 6.07 Å². The van der Waals surface area contributed by atoms with E-state index in [1.54, 1.807) is 12.1 Å². The Hall–Kier alpha value is -2.45. The lowest BCUT2D eigenvalue weighted by Crippen LogP contribution is -2.26. The summed E-state index contributed by atoms with van der Waals surface area (Å²) in [7, 11) is -3.67. The standard InChI is InChI=1S/C15H14FN3O3S/c16-11-2-4-12(5-3-11)23(21,22)17-8-7-10-1-6-13-14(9-10)19-15(20)18-13/h1-6,9,17H,7-8H2,(H2,18,19,20). The molecule has 3 aromatic rings. The van der Waals surface area contributed by atoms with E-state index in [0.717, 1.165) is 17.7 Å². The Balaban J connectivity index is 1.67. The minimum atomic E-state index is -3.67. The van der Waals surface area contributed by atoms with Crippen molar-refractivity contribution in [1.82, 2.24) is 14.7 Å². The van der Waals surface area contributed by atoms with Gasteiger partial charge in [-0.05, 0) is 48.4 Å². The number of halogens is 1. The number of fused-ring (bicyclic) bond motifs is 1. The first-order valence-electron chi connectivity index (χ1n) is 6.90.